The number of nitrogens with two attached hydrogens (primary N) is 1. The van der Waals surface area contributed by atoms with Gasteiger partial charge in [-0.15, -0.1) is 0 Å². The second-order valence-corrected chi connectivity index (χ2v) is 6.80. The third-order valence-electron chi connectivity index (χ3n) is 3.92. The van der Waals surface area contributed by atoms with Crippen molar-refractivity contribution in [1.82, 2.24) is 0 Å². The van der Waals surface area contributed by atoms with Gasteiger partial charge in [0.15, 0.2) is 0 Å². The molecule has 0 fully saturated rings. The topological polar surface area (TPSA) is 52.3 Å². The van der Waals surface area contributed by atoms with Gasteiger partial charge >= 0.3 is 0 Å². The van der Waals surface area contributed by atoms with Crippen molar-refractivity contribution in [1.29, 1.82) is 0 Å². The van der Waals surface area contributed by atoms with Gasteiger partial charge in [-0.05, 0) is 60.2 Å². The van der Waals surface area contributed by atoms with Gasteiger partial charge in [-0.2, -0.15) is 0 Å². The molecule has 1 unspecified atom stereocenters. The Hall–Kier alpha value is -1.81. The lowest BCUT2D eigenvalue weighted by atomic mass is 10.1. The van der Waals surface area contributed by atoms with Crippen molar-refractivity contribution in [2.75, 3.05) is 12.8 Å². The van der Waals surface area contributed by atoms with Crippen LogP contribution in [-0.2, 0) is 29.4 Å². The molecule has 1 aliphatic carbocycles. The van der Waals surface area contributed by atoms with E-state index in [-0.39, 0.29) is 0 Å². The van der Waals surface area contributed by atoms with Gasteiger partial charge in [0.05, 0.1) is 29.3 Å². The standard InChI is InChI=1S/C17H19NO2S/c1-20-17-8-5-12(9-16(17)18)11-21(19)15-7-6-13-3-2-4-14(13)10-15/h5-10H,2-4,11,18H2,1H3. The molecule has 110 valence electrons. The molecule has 0 amide bonds. The van der Waals surface area contributed by atoms with Gasteiger partial charge in [-0.1, -0.05) is 12.1 Å². The van der Waals surface area contributed by atoms with Crippen LogP contribution in [-0.4, -0.2) is 11.3 Å². The Morgan fingerprint density at radius 1 is 1.14 bits per heavy atom. The Labute approximate surface area is 127 Å². The Morgan fingerprint density at radius 3 is 2.71 bits per heavy atom. The summed E-state index contributed by atoms with van der Waals surface area (Å²) in [6, 6.07) is 11.8. The third kappa shape index (κ3) is 2.95. The maximum atomic E-state index is 12.5. The first-order valence-corrected chi connectivity index (χ1v) is 8.42. The SMILES string of the molecule is COc1ccc(CS(=O)c2ccc3c(c2)CCC3)cc1N. The Morgan fingerprint density at radius 2 is 1.95 bits per heavy atom. The number of aryl methyl sites for hydroxylation is 2. The van der Waals surface area contributed by atoms with Crippen LogP contribution in [0.2, 0.25) is 0 Å². The first kappa shape index (κ1) is 14.1. The molecule has 2 aromatic rings. The van der Waals surface area contributed by atoms with Crippen molar-refractivity contribution in [2.24, 2.45) is 0 Å². The van der Waals surface area contributed by atoms with Crippen molar-refractivity contribution >= 4 is 16.5 Å². The van der Waals surface area contributed by atoms with E-state index in [1.807, 2.05) is 24.3 Å². The Balaban J connectivity index is 1.78. The minimum absolute atomic E-state index is 0.479. The highest BCUT2D eigenvalue weighted by atomic mass is 32.2. The van der Waals surface area contributed by atoms with Crippen LogP contribution in [0.1, 0.15) is 23.1 Å². The maximum absolute atomic E-state index is 12.5. The summed E-state index contributed by atoms with van der Waals surface area (Å²) in [6.07, 6.45) is 3.47. The van der Waals surface area contributed by atoms with Crippen molar-refractivity contribution in [3.63, 3.8) is 0 Å². The fraction of sp³-hybridized carbons (Fsp3) is 0.294. The largest absolute Gasteiger partial charge is 0.495 e. The summed E-state index contributed by atoms with van der Waals surface area (Å²) in [6.45, 7) is 0. The maximum Gasteiger partial charge on any atom is 0.141 e. The van der Waals surface area contributed by atoms with E-state index in [4.69, 9.17) is 10.5 Å². The van der Waals surface area contributed by atoms with E-state index in [1.54, 1.807) is 7.11 Å². The summed E-state index contributed by atoms with van der Waals surface area (Å²) in [5, 5.41) is 0. The highest BCUT2D eigenvalue weighted by Gasteiger charge is 2.14. The molecule has 2 aromatic carbocycles. The molecule has 0 spiro atoms. The molecule has 1 aliphatic rings. The molecule has 0 radical (unpaired) electrons. The molecule has 4 heteroatoms. The highest BCUT2D eigenvalue weighted by molar-refractivity contribution is 7.84. The third-order valence-corrected chi connectivity index (χ3v) is 5.30. The van der Waals surface area contributed by atoms with Gasteiger partial charge in [0, 0.05) is 4.90 Å². The van der Waals surface area contributed by atoms with Crippen LogP contribution < -0.4 is 10.5 Å². The Bertz CT molecular complexity index is 697. The van der Waals surface area contributed by atoms with Crippen LogP contribution in [0.5, 0.6) is 5.75 Å². The van der Waals surface area contributed by atoms with E-state index in [0.717, 1.165) is 23.3 Å². The first-order chi connectivity index (χ1) is 10.2. The van der Waals surface area contributed by atoms with Crippen LogP contribution >= 0.6 is 0 Å². The number of rotatable bonds is 4. The molecule has 21 heavy (non-hydrogen) atoms. The lowest BCUT2D eigenvalue weighted by Gasteiger charge is -2.08. The number of ether oxygens (including phenoxy) is 1. The molecule has 0 bridgehead atoms. The van der Waals surface area contributed by atoms with Gasteiger partial charge in [0.2, 0.25) is 0 Å². The normalized spacial score (nSPS) is 14.7. The van der Waals surface area contributed by atoms with Crippen molar-refractivity contribution < 1.29 is 8.95 Å². The van der Waals surface area contributed by atoms with E-state index < -0.39 is 10.8 Å². The molecule has 0 heterocycles. The van der Waals surface area contributed by atoms with Gasteiger partial charge in [-0.25, -0.2) is 0 Å². The van der Waals surface area contributed by atoms with Crippen LogP contribution in [0.25, 0.3) is 0 Å². The lowest BCUT2D eigenvalue weighted by Crippen LogP contribution is -2.00. The zero-order chi connectivity index (χ0) is 14.8. The van der Waals surface area contributed by atoms with E-state index in [9.17, 15) is 4.21 Å². The fourth-order valence-electron chi connectivity index (χ4n) is 2.80. The number of benzene rings is 2. The highest BCUT2D eigenvalue weighted by Crippen LogP contribution is 2.26. The molecule has 2 N–H and O–H groups in total. The quantitative estimate of drug-likeness (QED) is 0.883. The monoisotopic (exact) mass is 301 g/mol. The number of nitrogen functional groups attached to an aromatic ring is 1. The van der Waals surface area contributed by atoms with Crippen molar-refractivity contribution in [3.05, 3.63) is 53.1 Å². The summed E-state index contributed by atoms with van der Waals surface area (Å²) in [5.74, 6) is 1.13. The van der Waals surface area contributed by atoms with Crippen LogP contribution in [0.15, 0.2) is 41.3 Å². The van der Waals surface area contributed by atoms with Gasteiger partial charge in [0.1, 0.15) is 5.75 Å². The van der Waals surface area contributed by atoms with Crippen LogP contribution in [0.3, 0.4) is 0 Å². The van der Waals surface area contributed by atoms with Crippen molar-refractivity contribution in [2.45, 2.75) is 29.9 Å². The van der Waals surface area contributed by atoms with Crippen molar-refractivity contribution in [3.8, 4) is 5.75 Å². The number of fused-ring (bicyclic) bond motifs is 1. The summed E-state index contributed by atoms with van der Waals surface area (Å²) in [7, 11) is 0.551. The molecular weight excluding hydrogens is 282 g/mol. The smallest absolute Gasteiger partial charge is 0.141 e. The Kier molecular flexibility index (Phi) is 3.97. The molecule has 3 nitrogen and oxygen atoms in total. The second kappa shape index (κ2) is 5.90. The number of hydrogen-bond acceptors (Lipinski definition) is 3. The molecular formula is C17H19NO2S. The van der Waals surface area contributed by atoms with E-state index >= 15 is 0 Å². The van der Waals surface area contributed by atoms with Crippen LogP contribution in [0, 0.1) is 0 Å². The summed E-state index contributed by atoms with van der Waals surface area (Å²) in [5.41, 5.74) is 10.2. The first-order valence-electron chi connectivity index (χ1n) is 7.10. The number of methoxy groups -OCH3 is 1. The van der Waals surface area contributed by atoms with E-state index in [1.165, 1.54) is 17.5 Å². The van der Waals surface area contributed by atoms with Gasteiger partial charge in [0.25, 0.3) is 0 Å². The average Bonchev–Trinajstić information content (AvgIpc) is 2.94. The zero-order valence-electron chi connectivity index (χ0n) is 12.1. The van der Waals surface area contributed by atoms with Gasteiger partial charge in [-0.3, -0.25) is 4.21 Å². The zero-order valence-corrected chi connectivity index (χ0v) is 12.9. The van der Waals surface area contributed by atoms with E-state index in [2.05, 4.69) is 12.1 Å². The average molecular weight is 301 g/mol. The molecule has 0 saturated heterocycles. The number of hydrogen-bond donors (Lipinski definition) is 1. The van der Waals surface area contributed by atoms with Gasteiger partial charge < -0.3 is 10.5 Å². The van der Waals surface area contributed by atoms with E-state index in [0.29, 0.717) is 17.2 Å². The molecule has 0 aromatic heterocycles. The minimum atomic E-state index is -1.04. The summed E-state index contributed by atoms with van der Waals surface area (Å²) in [4.78, 5) is 0.907. The number of anilines is 1. The molecule has 3 rings (SSSR count). The second-order valence-electron chi connectivity index (χ2n) is 5.35. The fourth-order valence-corrected chi connectivity index (χ4v) is 3.94. The minimum Gasteiger partial charge on any atom is -0.495 e. The lowest BCUT2D eigenvalue weighted by molar-refractivity contribution is 0.417. The molecule has 0 aliphatic heterocycles. The van der Waals surface area contributed by atoms with Crippen LogP contribution in [0.4, 0.5) is 5.69 Å². The predicted octanol–water partition coefficient (Wildman–Crippen LogP) is 3.07. The summed E-state index contributed by atoms with van der Waals surface area (Å²) >= 11 is 0. The predicted molar refractivity (Wildman–Crippen MR) is 86.0 cm³/mol. The molecule has 0 saturated carbocycles. The summed E-state index contributed by atoms with van der Waals surface area (Å²) < 4.78 is 17.7. The molecule has 1 atom stereocenters.